The van der Waals surface area contributed by atoms with Gasteiger partial charge >= 0.3 is 5.51 Å². The maximum atomic E-state index is 11.3. The minimum absolute atomic E-state index is 0.424. The Morgan fingerprint density at radius 2 is 2.00 bits per heavy atom. The van der Waals surface area contributed by atoms with Gasteiger partial charge < -0.3 is 0 Å². The fourth-order valence-corrected chi connectivity index (χ4v) is 0.648. The van der Waals surface area contributed by atoms with E-state index in [-0.39, 0.29) is 0 Å². The number of hydrogen-bond acceptors (Lipinski definition) is 2. The lowest BCUT2D eigenvalue weighted by atomic mass is 10.7. The third kappa shape index (κ3) is 7.84. The molecule has 58 valence electrons. The molecule has 0 fully saturated rings. The zero-order valence-corrected chi connectivity index (χ0v) is 6.06. The van der Waals surface area contributed by atoms with Crippen molar-refractivity contribution >= 4 is 28.6 Å². The third-order valence-electron chi connectivity index (χ3n) is 0.401. The zero-order valence-electron chi connectivity index (χ0n) is 4.48. The average Bonchev–Trinajstić information content (AvgIpc) is 1.59. The predicted octanol–water partition coefficient (Wildman–Crippen LogP) is 2.52. The van der Waals surface area contributed by atoms with Gasteiger partial charge in [0.1, 0.15) is 0 Å². The van der Waals surface area contributed by atoms with E-state index in [2.05, 4.69) is 0 Å². The molecule has 0 atom stereocenters. The lowest BCUT2D eigenvalue weighted by Gasteiger charge is -1.97. The first kappa shape index (κ1) is 9.84. The molecule has 0 unspecified atom stereocenters. The van der Waals surface area contributed by atoms with Gasteiger partial charge in [0.15, 0.2) is 0 Å². The van der Waals surface area contributed by atoms with Crippen LogP contribution < -0.4 is 0 Å². The van der Waals surface area contributed by atoms with E-state index in [4.69, 9.17) is 11.6 Å². The Kier molecular flexibility index (Phi) is 3.81. The Hall–Kier alpha value is -0.160. The summed E-state index contributed by atoms with van der Waals surface area (Å²) in [7, 11) is 0. The topological polar surface area (TPSA) is 17.1 Å². The van der Waals surface area contributed by atoms with Crippen LogP contribution in [0.3, 0.4) is 0 Å². The highest BCUT2D eigenvalue weighted by Crippen LogP contribution is 2.30. The summed E-state index contributed by atoms with van der Waals surface area (Å²) in [6.45, 7) is 0. The normalized spacial score (nSPS) is 12.4. The second-order valence-corrected chi connectivity index (χ2v) is 2.51. The van der Waals surface area contributed by atoms with Crippen molar-refractivity contribution in [2.75, 3.05) is 0 Å². The van der Waals surface area contributed by atoms with Gasteiger partial charge in [-0.15, -0.1) is 0 Å². The molecule has 0 spiro atoms. The summed E-state index contributed by atoms with van der Waals surface area (Å²) in [6.07, 6.45) is 0.639. The molecule has 0 aromatic carbocycles. The number of halogens is 4. The van der Waals surface area contributed by atoms with Crippen LogP contribution in [-0.4, -0.2) is 10.8 Å². The van der Waals surface area contributed by atoms with Crippen molar-refractivity contribution in [2.45, 2.75) is 5.51 Å². The molecule has 6 heteroatoms. The molecule has 0 aromatic rings. The van der Waals surface area contributed by atoms with Crippen molar-refractivity contribution < 1.29 is 18.0 Å². The lowest BCUT2D eigenvalue weighted by molar-refractivity contribution is -0.107. The predicted molar refractivity (Wildman–Crippen MR) is 33.6 cm³/mol. The number of carbonyl (C=O) groups excluding carboxylic acids is 1. The third-order valence-corrected chi connectivity index (χ3v) is 1.07. The molecule has 0 heterocycles. The molecule has 0 saturated carbocycles. The van der Waals surface area contributed by atoms with Gasteiger partial charge in [0.25, 0.3) is 0 Å². The van der Waals surface area contributed by atoms with Crippen molar-refractivity contribution in [1.29, 1.82) is 0 Å². The summed E-state index contributed by atoms with van der Waals surface area (Å²) >= 11 is 4.28. The molecule has 10 heavy (non-hydrogen) atoms. The fraction of sp³-hybridized carbons (Fsp3) is 0.250. The minimum Gasteiger partial charge on any atom is -0.276 e. The number of thioether (sulfide) groups is 1. The monoisotopic (exact) mass is 190 g/mol. The lowest BCUT2D eigenvalue weighted by Crippen LogP contribution is -1.96. The van der Waals surface area contributed by atoms with Crippen molar-refractivity contribution in [2.24, 2.45) is 0 Å². The molecule has 0 radical (unpaired) electrons. The van der Waals surface area contributed by atoms with Crippen molar-refractivity contribution in [1.82, 2.24) is 0 Å². The Bertz CT molecular complexity index is 153. The highest BCUT2D eigenvalue weighted by atomic mass is 35.5. The van der Waals surface area contributed by atoms with Crippen LogP contribution in [0.1, 0.15) is 0 Å². The van der Waals surface area contributed by atoms with Crippen LogP contribution >= 0.6 is 23.4 Å². The largest absolute Gasteiger partial charge is 0.445 e. The second-order valence-electron chi connectivity index (χ2n) is 1.17. The summed E-state index contributed by atoms with van der Waals surface area (Å²) in [5.41, 5.74) is -4.34. The Balaban J connectivity index is 3.64. The van der Waals surface area contributed by atoms with E-state index in [1.54, 1.807) is 0 Å². The summed E-state index contributed by atoms with van der Waals surface area (Å²) in [5.74, 6) is 0. The molecule has 0 rings (SSSR count). The van der Waals surface area contributed by atoms with Gasteiger partial charge in [-0.3, -0.25) is 4.79 Å². The molecule has 0 bridgehead atoms. The highest BCUT2D eigenvalue weighted by Gasteiger charge is 2.26. The molecule has 0 saturated heterocycles. The average molecular weight is 191 g/mol. The van der Waals surface area contributed by atoms with E-state index in [9.17, 15) is 18.0 Å². The number of hydrogen-bond donors (Lipinski definition) is 0. The fourth-order valence-electron chi connectivity index (χ4n) is 0.165. The minimum atomic E-state index is -4.34. The SMILES string of the molecule is O=C(Cl)/C=C/SC(F)(F)F. The quantitative estimate of drug-likeness (QED) is 0.492. The Morgan fingerprint density at radius 3 is 2.30 bits per heavy atom. The van der Waals surface area contributed by atoms with Crippen LogP contribution in [0.5, 0.6) is 0 Å². The van der Waals surface area contributed by atoms with Crippen LogP contribution in [0.25, 0.3) is 0 Å². The van der Waals surface area contributed by atoms with Crippen LogP contribution in [0.4, 0.5) is 13.2 Å². The molecule has 0 amide bonds. The molecule has 0 aliphatic heterocycles. The summed E-state index contributed by atoms with van der Waals surface area (Å²) < 4.78 is 33.8. The van der Waals surface area contributed by atoms with Crippen LogP contribution in [-0.2, 0) is 4.79 Å². The summed E-state index contributed by atoms with van der Waals surface area (Å²) in [6, 6.07) is 0. The van der Waals surface area contributed by atoms with Gasteiger partial charge in [-0.2, -0.15) is 13.2 Å². The smallest absolute Gasteiger partial charge is 0.276 e. The van der Waals surface area contributed by atoms with Crippen LogP contribution in [0.2, 0.25) is 0 Å². The van der Waals surface area contributed by atoms with E-state index in [0.29, 0.717) is 11.5 Å². The van der Waals surface area contributed by atoms with Crippen molar-refractivity contribution in [3.8, 4) is 0 Å². The van der Waals surface area contributed by atoms with E-state index in [0.717, 1.165) is 0 Å². The molecular weight excluding hydrogens is 189 g/mol. The highest BCUT2D eigenvalue weighted by molar-refractivity contribution is 8.03. The van der Waals surface area contributed by atoms with E-state index < -0.39 is 22.5 Å². The Labute approximate surface area is 64.2 Å². The maximum absolute atomic E-state index is 11.3. The first-order valence-corrected chi connectivity index (χ1v) is 3.28. The molecular formula is C4H2ClF3OS. The van der Waals surface area contributed by atoms with Crippen LogP contribution in [0, 0.1) is 0 Å². The van der Waals surface area contributed by atoms with Gasteiger partial charge in [0.05, 0.1) is 0 Å². The maximum Gasteiger partial charge on any atom is 0.445 e. The number of alkyl halides is 3. The van der Waals surface area contributed by atoms with Crippen molar-refractivity contribution in [3.63, 3.8) is 0 Å². The van der Waals surface area contributed by atoms with Gasteiger partial charge in [-0.25, -0.2) is 0 Å². The molecule has 0 aromatic heterocycles. The number of allylic oxidation sites excluding steroid dienone is 1. The van der Waals surface area contributed by atoms with Gasteiger partial charge in [-0.1, -0.05) is 0 Å². The summed E-state index contributed by atoms with van der Waals surface area (Å²) in [5, 5.41) is -0.327. The van der Waals surface area contributed by atoms with Gasteiger partial charge in [0, 0.05) is 6.08 Å². The molecule has 0 aliphatic carbocycles. The number of carbonyl (C=O) groups is 1. The molecule has 0 N–H and O–H groups in total. The first-order valence-electron chi connectivity index (χ1n) is 2.02. The number of rotatable bonds is 2. The van der Waals surface area contributed by atoms with Crippen molar-refractivity contribution in [3.05, 3.63) is 11.5 Å². The van der Waals surface area contributed by atoms with E-state index in [1.165, 1.54) is 0 Å². The van der Waals surface area contributed by atoms with E-state index in [1.807, 2.05) is 0 Å². The van der Waals surface area contributed by atoms with Crippen LogP contribution in [0.15, 0.2) is 11.5 Å². The zero-order chi connectivity index (χ0) is 8.20. The summed E-state index contributed by atoms with van der Waals surface area (Å²) in [4.78, 5) is 9.83. The molecule has 0 aliphatic rings. The van der Waals surface area contributed by atoms with E-state index >= 15 is 0 Å². The first-order chi connectivity index (χ1) is 4.42. The molecule has 1 nitrogen and oxygen atoms in total. The van der Waals surface area contributed by atoms with Gasteiger partial charge in [-0.05, 0) is 28.8 Å². The standard InChI is InChI=1S/C4H2ClF3OS/c5-3(9)1-2-10-4(6,7)8/h1-2H/b2-1+. The Morgan fingerprint density at radius 1 is 1.50 bits per heavy atom. The second kappa shape index (κ2) is 3.88. The van der Waals surface area contributed by atoms with Gasteiger partial charge in [0.2, 0.25) is 5.24 Å².